The molecule has 0 saturated heterocycles. The van der Waals surface area contributed by atoms with Gasteiger partial charge in [0, 0.05) is 43.1 Å². The maximum atomic E-state index is 12.9. The van der Waals surface area contributed by atoms with Crippen molar-refractivity contribution in [3.63, 3.8) is 0 Å². The third kappa shape index (κ3) is 5.31. The Labute approximate surface area is 172 Å². The van der Waals surface area contributed by atoms with E-state index >= 15 is 0 Å². The van der Waals surface area contributed by atoms with Crippen molar-refractivity contribution < 1.29 is 4.79 Å². The van der Waals surface area contributed by atoms with Gasteiger partial charge >= 0.3 is 0 Å². The number of hydrogen-bond donors (Lipinski definition) is 2. The first kappa shape index (κ1) is 20.3. The van der Waals surface area contributed by atoms with Gasteiger partial charge in [0.2, 0.25) is 0 Å². The lowest BCUT2D eigenvalue weighted by molar-refractivity contribution is 0.102. The minimum absolute atomic E-state index is 0.239. The fourth-order valence-electron chi connectivity index (χ4n) is 2.75. The average molecular weight is 390 g/mol. The van der Waals surface area contributed by atoms with Gasteiger partial charge in [0.05, 0.1) is 0 Å². The predicted octanol–water partition coefficient (Wildman–Crippen LogP) is 4.67. The summed E-state index contributed by atoms with van der Waals surface area (Å²) in [7, 11) is 3.96. The van der Waals surface area contributed by atoms with E-state index in [2.05, 4.69) is 34.4 Å². The summed E-state index contributed by atoms with van der Waals surface area (Å²) in [6.45, 7) is 4.18. The lowest BCUT2D eigenvalue weighted by Gasteiger charge is -2.15. The molecule has 3 aromatic rings. The molecule has 6 nitrogen and oxygen atoms in total. The summed E-state index contributed by atoms with van der Waals surface area (Å²) >= 11 is 0. The molecule has 0 radical (unpaired) electrons. The summed E-state index contributed by atoms with van der Waals surface area (Å²) in [5.41, 5.74) is 2.97. The highest BCUT2D eigenvalue weighted by Gasteiger charge is 2.14. The Morgan fingerprint density at radius 3 is 2.34 bits per heavy atom. The van der Waals surface area contributed by atoms with Gasteiger partial charge in [-0.3, -0.25) is 4.79 Å². The minimum atomic E-state index is -0.269. The Kier molecular flexibility index (Phi) is 6.44. The van der Waals surface area contributed by atoms with Gasteiger partial charge in [-0.2, -0.15) is 0 Å². The van der Waals surface area contributed by atoms with E-state index in [1.165, 1.54) is 0 Å². The number of carbonyl (C=O) groups is 1. The number of carbonyl (C=O) groups excluding carboxylic acids is 1. The zero-order valence-electron chi connectivity index (χ0n) is 17.3. The highest BCUT2D eigenvalue weighted by Crippen LogP contribution is 2.20. The van der Waals surface area contributed by atoms with Gasteiger partial charge in [-0.1, -0.05) is 37.3 Å². The van der Waals surface area contributed by atoms with E-state index in [-0.39, 0.29) is 11.9 Å². The Morgan fingerprint density at radius 2 is 1.72 bits per heavy atom. The second-order valence-electron chi connectivity index (χ2n) is 7.18. The summed E-state index contributed by atoms with van der Waals surface area (Å²) in [5, 5.41) is 6.27. The molecule has 0 saturated carbocycles. The normalized spacial score (nSPS) is 11.6. The van der Waals surface area contributed by atoms with Crippen molar-refractivity contribution in [1.29, 1.82) is 0 Å². The van der Waals surface area contributed by atoms with Crippen molar-refractivity contribution in [3.05, 3.63) is 66.4 Å². The van der Waals surface area contributed by atoms with Crippen LogP contribution in [0.15, 0.2) is 60.7 Å². The fourth-order valence-corrected chi connectivity index (χ4v) is 2.75. The largest absolute Gasteiger partial charge is 0.378 e. The van der Waals surface area contributed by atoms with Crippen LogP contribution in [0.1, 0.15) is 30.8 Å². The van der Waals surface area contributed by atoms with Gasteiger partial charge in [-0.15, -0.1) is 0 Å². The van der Waals surface area contributed by atoms with Crippen molar-refractivity contribution in [2.24, 2.45) is 0 Å². The van der Waals surface area contributed by atoms with E-state index in [9.17, 15) is 4.79 Å². The SMILES string of the molecule is CCC(C)Nc1cc(C(=O)Nc2ccc(N(C)C)cc2)nc(-c2ccccc2)n1. The molecule has 1 atom stereocenters. The molecule has 1 aromatic heterocycles. The molecule has 2 aromatic carbocycles. The molecule has 6 heteroatoms. The van der Waals surface area contributed by atoms with Crippen LogP contribution in [0.5, 0.6) is 0 Å². The van der Waals surface area contributed by atoms with Gasteiger partial charge in [0.25, 0.3) is 5.91 Å². The number of amides is 1. The lowest BCUT2D eigenvalue weighted by Crippen LogP contribution is -2.18. The van der Waals surface area contributed by atoms with Crippen molar-refractivity contribution in [3.8, 4) is 11.4 Å². The van der Waals surface area contributed by atoms with Crippen molar-refractivity contribution in [1.82, 2.24) is 9.97 Å². The van der Waals surface area contributed by atoms with Crippen LogP contribution in [-0.4, -0.2) is 36.0 Å². The third-order valence-electron chi connectivity index (χ3n) is 4.64. The Hall–Kier alpha value is -3.41. The molecule has 0 aliphatic carbocycles. The number of anilines is 3. The second-order valence-corrected chi connectivity index (χ2v) is 7.18. The van der Waals surface area contributed by atoms with Crippen LogP contribution in [0.3, 0.4) is 0 Å². The molecule has 1 heterocycles. The van der Waals surface area contributed by atoms with Crippen LogP contribution in [0, 0.1) is 0 Å². The molecule has 3 rings (SSSR count). The number of hydrogen-bond acceptors (Lipinski definition) is 5. The third-order valence-corrected chi connectivity index (χ3v) is 4.64. The summed E-state index contributed by atoms with van der Waals surface area (Å²) < 4.78 is 0. The second kappa shape index (κ2) is 9.19. The van der Waals surface area contributed by atoms with Crippen LogP contribution in [-0.2, 0) is 0 Å². The molecular formula is C23H27N5O. The highest BCUT2D eigenvalue weighted by atomic mass is 16.1. The maximum Gasteiger partial charge on any atom is 0.274 e. The smallest absolute Gasteiger partial charge is 0.274 e. The zero-order chi connectivity index (χ0) is 20.8. The van der Waals surface area contributed by atoms with E-state index in [0.29, 0.717) is 17.3 Å². The van der Waals surface area contributed by atoms with E-state index in [1.807, 2.05) is 73.6 Å². The Bertz CT molecular complexity index is 955. The van der Waals surface area contributed by atoms with Crippen molar-refractivity contribution in [2.45, 2.75) is 26.3 Å². The van der Waals surface area contributed by atoms with Gasteiger partial charge < -0.3 is 15.5 Å². The molecule has 29 heavy (non-hydrogen) atoms. The Balaban J connectivity index is 1.89. The molecule has 0 spiro atoms. The standard InChI is InChI=1S/C23H27N5O/c1-5-16(2)24-21-15-20(26-22(27-21)17-9-7-6-8-10-17)23(29)25-18-11-13-19(14-12-18)28(3)4/h6-16H,5H2,1-4H3,(H,25,29)(H,24,26,27). The van der Waals surface area contributed by atoms with Gasteiger partial charge in [-0.25, -0.2) is 9.97 Å². The maximum absolute atomic E-state index is 12.9. The molecule has 0 aliphatic heterocycles. The fraction of sp³-hybridized carbons (Fsp3) is 0.261. The van der Waals surface area contributed by atoms with Gasteiger partial charge in [0.15, 0.2) is 5.82 Å². The molecule has 0 bridgehead atoms. The summed E-state index contributed by atoms with van der Waals surface area (Å²) in [6.07, 6.45) is 0.949. The van der Waals surface area contributed by atoms with E-state index in [4.69, 9.17) is 0 Å². The molecule has 0 fully saturated rings. The minimum Gasteiger partial charge on any atom is -0.378 e. The number of nitrogens with one attached hydrogen (secondary N) is 2. The van der Waals surface area contributed by atoms with E-state index in [1.54, 1.807) is 6.07 Å². The first-order valence-electron chi connectivity index (χ1n) is 9.76. The van der Waals surface area contributed by atoms with Crippen molar-refractivity contribution >= 4 is 23.1 Å². The predicted molar refractivity (Wildman–Crippen MR) is 120 cm³/mol. The number of nitrogens with zero attached hydrogens (tertiary/aromatic N) is 3. The molecule has 150 valence electrons. The van der Waals surface area contributed by atoms with Crippen molar-refractivity contribution in [2.75, 3.05) is 29.6 Å². The molecule has 0 aliphatic rings. The van der Waals surface area contributed by atoms with E-state index < -0.39 is 0 Å². The highest BCUT2D eigenvalue weighted by molar-refractivity contribution is 6.03. The monoisotopic (exact) mass is 389 g/mol. The Morgan fingerprint density at radius 1 is 1.03 bits per heavy atom. The number of benzene rings is 2. The topological polar surface area (TPSA) is 70.2 Å². The summed E-state index contributed by atoms with van der Waals surface area (Å²) in [5.74, 6) is 0.891. The molecule has 1 unspecified atom stereocenters. The lowest BCUT2D eigenvalue weighted by atomic mass is 10.2. The van der Waals surface area contributed by atoms with Crippen LogP contribution < -0.4 is 15.5 Å². The summed E-state index contributed by atoms with van der Waals surface area (Å²) in [4.78, 5) is 24.0. The first-order chi connectivity index (χ1) is 14.0. The van der Waals surface area contributed by atoms with E-state index in [0.717, 1.165) is 23.4 Å². The zero-order valence-corrected chi connectivity index (χ0v) is 17.3. The quantitative estimate of drug-likeness (QED) is 0.614. The first-order valence-corrected chi connectivity index (χ1v) is 9.76. The number of rotatable bonds is 7. The average Bonchev–Trinajstić information content (AvgIpc) is 2.74. The van der Waals surface area contributed by atoms with Crippen LogP contribution in [0.4, 0.5) is 17.2 Å². The molecular weight excluding hydrogens is 362 g/mol. The van der Waals surface area contributed by atoms with Crippen LogP contribution >= 0.6 is 0 Å². The number of aromatic nitrogens is 2. The van der Waals surface area contributed by atoms with Crippen LogP contribution in [0.25, 0.3) is 11.4 Å². The van der Waals surface area contributed by atoms with Gasteiger partial charge in [0.1, 0.15) is 11.5 Å². The van der Waals surface area contributed by atoms with Gasteiger partial charge in [-0.05, 0) is 37.6 Å². The molecule has 1 amide bonds. The molecule has 2 N–H and O–H groups in total. The summed E-state index contributed by atoms with van der Waals surface area (Å²) in [6, 6.07) is 19.3. The van der Waals surface area contributed by atoms with Crippen LogP contribution in [0.2, 0.25) is 0 Å².